The van der Waals surface area contributed by atoms with Crippen molar-refractivity contribution in [3.63, 3.8) is 0 Å². The van der Waals surface area contributed by atoms with Gasteiger partial charge < -0.3 is 20.3 Å². The second-order valence-electron chi connectivity index (χ2n) is 29.2. The van der Waals surface area contributed by atoms with Gasteiger partial charge in [-0.25, -0.2) is 0 Å². The molecule has 0 aromatic carbocycles. The fourth-order valence-corrected chi connectivity index (χ4v) is 13.3. The summed E-state index contributed by atoms with van der Waals surface area (Å²) in [5.41, 5.74) is 0. The lowest BCUT2D eigenvalue weighted by molar-refractivity contribution is -0.143. The summed E-state index contributed by atoms with van der Waals surface area (Å²) in [5, 5.41) is 23.3. The van der Waals surface area contributed by atoms with Gasteiger partial charge in [-0.2, -0.15) is 0 Å². The molecule has 0 aliphatic carbocycles. The lowest BCUT2D eigenvalue weighted by Gasteiger charge is -2.20. The minimum atomic E-state index is -0.845. The maximum Gasteiger partial charge on any atom is 0.305 e. The van der Waals surface area contributed by atoms with E-state index in [4.69, 9.17) is 4.74 Å². The van der Waals surface area contributed by atoms with Gasteiger partial charge in [0.2, 0.25) is 5.91 Å². The highest BCUT2D eigenvalue weighted by atomic mass is 16.5. The molecule has 2 atom stereocenters. The van der Waals surface area contributed by atoms with E-state index in [-0.39, 0.29) is 18.5 Å². The summed E-state index contributed by atoms with van der Waals surface area (Å²) in [7, 11) is 0. The van der Waals surface area contributed by atoms with Crippen LogP contribution in [0.3, 0.4) is 0 Å². The quantitative estimate of drug-likeness (QED) is 0.0320. The van der Waals surface area contributed by atoms with Gasteiger partial charge in [-0.1, -0.05) is 415 Å². The van der Waals surface area contributed by atoms with Gasteiger partial charge in [0.1, 0.15) is 0 Å². The van der Waals surface area contributed by atoms with Crippen LogP contribution in [0.5, 0.6) is 0 Å². The first-order valence-corrected chi connectivity index (χ1v) is 42.6. The van der Waals surface area contributed by atoms with Gasteiger partial charge in [-0.3, -0.25) is 9.59 Å². The molecule has 1 amide bonds. The molecule has 0 saturated carbocycles. The van der Waals surface area contributed by atoms with Crippen LogP contribution in [0.1, 0.15) is 463 Å². The van der Waals surface area contributed by atoms with Crippen LogP contribution in [0, 0.1) is 0 Å². The van der Waals surface area contributed by atoms with Crippen molar-refractivity contribution in [3.05, 3.63) is 60.8 Å². The maximum atomic E-state index is 12.6. The average Bonchev–Trinajstić information content (AvgIpc) is 3.61. The molecule has 6 heteroatoms. The molecule has 94 heavy (non-hydrogen) atoms. The summed E-state index contributed by atoms with van der Waals surface area (Å²) in [5.74, 6) is -0.0479. The van der Waals surface area contributed by atoms with E-state index >= 15 is 0 Å². The Labute approximate surface area is 588 Å². The third kappa shape index (κ3) is 78.6. The van der Waals surface area contributed by atoms with E-state index in [1.54, 1.807) is 6.08 Å². The zero-order valence-corrected chi connectivity index (χ0v) is 63.5. The molecule has 0 bridgehead atoms. The summed E-state index contributed by atoms with van der Waals surface area (Å²) in [4.78, 5) is 24.7. The Morgan fingerprint density at radius 2 is 0.532 bits per heavy atom. The smallest absolute Gasteiger partial charge is 0.305 e. The number of allylic oxidation sites excluding steroid dienone is 9. The minimum Gasteiger partial charge on any atom is -0.466 e. The van der Waals surface area contributed by atoms with Crippen LogP contribution < -0.4 is 5.32 Å². The molecule has 0 aliphatic rings. The fourth-order valence-electron chi connectivity index (χ4n) is 13.3. The normalized spacial score (nSPS) is 12.8. The van der Waals surface area contributed by atoms with Gasteiger partial charge in [0.15, 0.2) is 0 Å². The van der Waals surface area contributed by atoms with Crippen LogP contribution in [0.25, 0.3) is 0 Å². The Morgan fingerprint density at radius 1 is 0.298 bits per heavy atom. The first-order valence-electron chi connectivity index (χ1n) is 42.6. The fraction of sp³-hybridized carbons (Fsp3) is 0.864. The first kappa shape index (κ1) is 91.6. The van der Waals surface area contributed by atoms with Crippen LogP contribution >= 0.6 is 0 Å². The van der Waals surface area contributed by atoms with E-state index in [0.29, 0.717) is 19.4 Å². The van der Waals surface area contributed by atoms with Crippen LogP contribution in [-0.2, 0) is 14.3 Å². The molecule has 2 unspecified atom stereocenters. The number of esters is 1. The summed E-state index contributed by atoms with van der Waals surface area (Å²) < 4.78 is 5.51. The lowest BCUT2D eigenvalue weighted by Crippen LogP contribution is -2.45. The molecule has 552 valence electrons. The summed E-state index contributed by atoms with van der Waals surface area (Å²) in [6.07, 6.45) is 112. The molecular formula is C88H165NO5. The molecule has 0 radical (unpaired) electrons. The van der Waals surface area contributed by atoms with E-state index in [1.165, 1.54) is 379 Å². The van der Waals surface area contributed by atoms with Gasteiger partial charge in [0, 0.05) is 12.8 Å². The van der Waals surface area contributed by atoms with E-state index in [9.17, 15) is 19.8 Å². The van der Waals surface area contributed by atoms with E-state index in [0.717, 1.165) is 57.8 Å². The Kier molecular flexibility index (Phi) is 80.8. The largest absolute Gasteiger partial charge is 0.466 e. The number of nitrogens with one attached hydrogen (secondary N) is 1. The van der Waals surface area contributed by atoms with Gasteiger partial charge in [-0.15, -0.1) is 0 Å². The van der Waals surface area contributed by atoms with Gasteiger partial charge >= 0.3 is 5.97 Å². The van der Waals surface area contributed by atoms with Gasteiger partial charge in [0.25, 0.3) is 0 Å². The van der Waals surface area contributed by atoms with E-state index in [1.807, 2.05) is 6.08 Å². The number of amides is 1. The van der Waals surface area contributed by atoms with Crippen LogP contribution in [-0.4, -0.2) is 47.4 Å². The van der Waals surface area contributed by atoms with Gasteiger partial charge in [0.05, 0.1) is 25.4 Å². The number of hydrogen-bond donors (Lipinski definition) is 3. The lowest BCUT2D eigenvalue weighted by atomic mass is 10.0. The number of aliphatic hydroxyl groups is 2. The highest BCUT2D eigenvalue weighted by Crippen LogP contribution is 2.20. The molecule has 6 nitrogen and oxygen atoms in total. The second kappa shape index (κ2) is 83.0. The van der Waals surface area contributed by atoms with Crippen molar-refractivity contribution in [2.75, 3.05) is 13.2 Å². The number of ether oxygens (including phenoxy) is 1. The number of aliphatic hydroxyl groups excluding tert-OH is 2. The van der Waals surface area contributed by atoms with E-state index < -0.39 is 12.1 Å². The summed E-state index contributed by atoms with van der Waals surface area (Å²) >= 11 is 0. The number of carbonyl (C=O) groups is 2. The molecule has 0 aromatic heterocycles. The monoisotopic (exact) mass is 1320 g/mol. The minimum absolute atomic E-state index is 0.0132. The number of carbonyl (C=O) groups excluding carboxylic acids is 2. The summed E-state index contributed by atoms with van der Waals surface area (Å²) in [6, 6.07) is -0.629. The van der Waals surface area contributed by atoms with E-state index in [2.05, 4.69) is 67.8 Å². The molecular weight excluding hydrogens is 1150 g/mol. The molecule has 0 aliphatic heterocycles. The predicted molar refractivity (Wildman–Crippen MR) is 416 cm³/mol. The number of hydrogen-bond acceptors (Lipinski definition) is 5. The molecule has 3 N–H and O–H groups in total. The van der Waals surface area contributed by atoms with Crippen LogP contribution in [0.15, 0.2) is 60.8 Å². The molecule has 0 heterocycles. The van der Waals surface area contributed by atoms with Crippen LogP contribution in [0.2, 0.25) is 0 Å². The number of unbranched alkanes of at least 4 members (excludes halogenated alkanes) is 61. The highest BCUT2D eigenvalue weighted by molar-refractivity contribution is 5.76. The van der Waals surface area contributed by atoms with Crippen molar-refractivity contribution >= 4 is 11.9 Å². The SMILES string of the molecule is CCCCC/C=C\C/C=C\CCCCCCCCCCCC(=O)OCCCCCCCCCCCCC/C=C\C/C=C\CCCCCCCCCCCCCCCCCCCC(=O)NC(CO)C(O)/C=C/CCCCCCCCCCCCCCCCCCCCCCC. The molecule has 0 aromatic rings. The molecule has 0 fully saturated rings. The van der Waals surface area contributed by atoms with Gasteiger partial charge in [-0.05, 0) is 96.3 Å². The number of rotatable bonds is 80. The maximum absolute atomic E-state index is 12.6. The van der Waals surface area contributed by atoms with Crippen molar-refractivity contribution in [2.24, 2.45) is 0 Å². The highest BCUT2D eigenvalue weighted by Gasteiger charge is 2.18. The third-order valence-electron chi connectivity index (χ3n) is 19.8. The zero-order chi connectivity index (χ0) is 67.7. The summed E-state index contributed by atoms with van der Waals surface area (Å²) in [6.45, 7) is 4.92. The molecule has 0 spiro atoms. The van der Waals surface area contributed by atoms with Crippen molar-refractivity contribution in [2.45, 2.75) is 475 Å². The third-order valence-corrected chi connectivity index (χ3v) is 19.8. The van der Waals surface area contributed by atoms with Crippen molar-refractivity contribution < 1.29 is 24.5 Å². The Hall–Kier alpha value is -2.44. The van der Waals surface area contributed by atoms with Crippen molar-refractivity contribution in [3.8, 4) is 0 Å². The Morgan fingerprint density at radius 3 is 0.830 bits per heavy atom. The molecule has 0 rings (SSSR count). The second-order valence-corrected chi connectivity index (χ2v) is 29.2. The molecule has 0 saturated heterocycles. The first-order chi connectivity index (χ1) is 46.5. The standard InChI is InChI=1S/C88H165NO5/c1-3-5-7-9-11-13-15-17-19-21-23-24-38-41-45-48-52-56-60-64-68-72-76-80-86(91)85(84-90)89-87(92)81-77-73-69-65-61-57-53-49-46-42-39-36-34-32-30-28-26-25-27-29-31-33-35-37-40-43-47-51-55-59-63-67-71-75-79-83-94-88(93)82-78-74-70-66-62-58-54-50-44-22-20-18-16-14-12-10-8-6-4-2/h12,14,18,20,27,29,33,35,76,80,85-86,90-91H,3-11,13,15-17,19,21-26,28,30-32,34,36-75,77-79,81-84H2,1-2H3,(H,89,92)/b14-12-,20-18-,29-27-,35-33-,80-76+. The van der Waals surface area contributed by atoms with Crippen molar-refractivity contribution in [1.29, 1.82) is 0 Å². The topological polar surface area (TPSA) is 95.9 Å². The predicted octanol–water partition coefficient (Wildman–Crippen LogP) is 28.5. The average molecular weight is 1320 g/mol. The Balaban J connectivity index is 3.39. The Bertz CT molecular complexity index is 1620. The van der Waals surface area contributed by atoms with Crippen molar-refractivity contribution in [1.82, 2.24) is 5.32 Å². The zero-order valence-electron chi connectivity index (χ0n) is 63.5. The van der Waals surface area contributed by atoms with Crippen LogP contribution in [0.4, 0.5) is 0 Å².